The van der Waals surface area contributed by atoms with E-state index in [9.17, 15) is 0 Å². The summed E-state index contributed by atoms with van der Waals surface area (Å²) in [5, 5.41) is 6.33. The molecule has 6 rings (SSSR count). The number of para-hydroxylation sites is 1. The van der Waals surface area contributed by atoms with Crippen LogP contribution in [0.3, 0.4) is 0 Å². The molecule has 0 saturated heterocycles. The number of oxazole rings is 1. The Morgan fingerprint density at radius 2 is 1.59 bits per heavy atom. The fourth-order valence-electron chi connectivity index (χ4n) is 3.80. The summed E-state index contributed by atoms with van der Waals surface area (Å²) < 4.78 is 7.77. The van der Waals surface area contributed by atoms with Gasteiger partial charge in [0, 0.05) is 16.0 Å². The number of hydrogen-bond acceptors (Lipinski definition) is 5. The van der Waals surface area contributed by atoms with Crippen molar-refractivity contribution in [1.29, 1.82) is 0 Å². The van der Waals surface area contributed by atoms with Gasteiger partial charge < -0.3 is 10.2 Å². The maximum atomic E-state index is 6.39. The average Bonchev–Trinajstić information content (AvgIpc) is 3.40. The van der Waals surface area contributed by atoms with Crippen molar-refractivity contribution < 1.29 is 4.42 Å². The minimum Gasteiger partial charge on any atom is -0.436 e. The quantitative estimate of drug-likeness (QED) is 0.360. The topological polar surface area (TPSA) is 82.8 Å². The van der Waals surface area contributed by atoms with Crippen LogP contribution < -0.4 is 5.73 Å². The van der Waals surface area contributed by atoms with E-state index in [1.54, 1.807) is 18.2 Å². The first kappa shape index (κ1) is 18.6. The summed E-state index contributed by atoms with van der Waals surface area (Å²) in [6.07, 6.45) is 0. The number of fused-ring (bicyclic) bond motifs is 2. The minimum atomic E-state index is 0.312. The lowest BCUT2D eigenvalue weighted by Gasteiger charge is -2.05. The Kier molecular flexibility index (Phi) is 4.19. The van der Waals surface area contributed by atoms with Gasteiger partial charge in [-0.3, -0.25) is 0 Å². The summed E-state index contributed by atoms with van der Waals surface area (Å²) in [6, 6.07) is 27.1. The van der Waals surface area contributed by atoms with Gasteiger partial charge in [0.15, 0.2) is 11.2 Å². The van der Waals surface area contributed by atoms with Crippen molar-refractivity contribution >= 4 is 39.6 Å². The lowest BCUT2D eigenvalue weighted by atomic mass is 10.1. The molecular formula is C25H16ClN5O. The van der Waals surface area contributed by atoms with Crippen LogP contribution in [-0.4, -0.2) is 19.7 Å². The Morgan fingerprint density at radius 3 is 2.38 bits per heavy atom. The van der Waals surface area contributed by atoms with E-state index < -0.39 is 0 Å². The number of benzene rings is 3. The maximum absolute atomic E-state index is 6.39. The Morgan fingerprint density at radius 1 is 0.844 bits per heavy atom. The van der Waals surface area contributed by atoms with Crippen LogP contribution in [0.4, 0.5) is 5.82 Å². The molecule has 0 amide bonds. The zero-order valence-corrected chi connectivity index (χ0v) is 17.5. The van der Waals surface area contributed by atoms with Crippen LogP contribution in [0, 0.1) is 0 Å². The first-order valence-corrected chi connectivity index (χ1v) is 10.4. The monoisotopic (exact) mass is 437 g/mol. The minimum absolute atomic E-state index is 0.312. The number of halogens is 1. The van der Waals surface area contributed by atoms with Gasteiger partial charge in [-0.15, -0.1) is 0 Å². The Bertz CT molecular complexity index is 1590. The highest BCUT2D eigenvalue weighted by Crippen LogP contribution is 2.35. The lowest BCUT2D eigenvalue weighted by Crippen LogP contribution is -2.00. The number of aromatic nitrogens is 4. The second-order valence-corrected chi connectivity index (χ2v) is 7.82. The fraction of sp³-hybridized carbons (Fsp3) is 0. The third-order valence-corrected chi connectivity index (χ3v) is 5.55. The van der Waals surface area contributed by atoms with Gasteiger partial charge in [0.1, 0.15) is 17.0 Å². The summed E-state index contributed by atoms with van der Waals surface area (Å²) in [4.78, 5) is 9.29. The summed E-state index contributed by atoms with van der Waals surface area (Å²) in [7, 11) is 0. The first-order valence-electron chi connectivity index (χ1n) is 10.0. The Hall–Kier alpha value is -4.16. The first-order chi connectivity index (χ1) is 15.7. The molecule has 0 aliphatic heterocycles. The lowest BCUT2D eigenvalue weighted by molar-refractivity contribution is 0.620. The molecule has 0 bridgehead atoms. The van der Waals surface area contributed by atoms with Gasteiger partial charge in [0.05, 0.1) is 11.3 Å². The molecule has 3 heterocycles. The van der Waals surface area contributed by atoms with Crippen molar-refractivity contribution in [1.82, 2.24) is 19.7 Å². The molecule has 6 nitrogen and oxygen atoms in total. The van der Waals surface area contributed by atoms with E-state index in [-0.39, 0.29) is 0 Å². The van der Waals surface area contributed by atoms with Crippen LogP contribution in [0.15, 0.2) is 89.3 Å². The van der Waals surface area contributed by atoms with Gasteiger partial charge in [-0.2, -0.15) is 5.10 Å². The van der Waals surface area contributed by atoms with Crippen molar-refractivity contribution in [2.45, 2.75) is 0 Å². The van der Waals surface area contributed by atoms with Gasteiger partial charge >= 0.3 is 0 Å². The second-order valence-electron chi connectivity index (χ2n) is 7.39. The molecule has 3 aromatic carbocycles. The van der Waals surface area contributed by atoms with Gasteiger partial charge in [0.25, 0.3) is 0 Å². The van der Waals surface area contributed by atoms with Crippen LogP contribution in [0.25, 0.3) is 50.5 Å². The summed E-state index contributed by atoms with van der Waals surface area (Å²) >= 11 is 6.10. The van der Waals surface area contributed by atoms with Crippen molar-refractivity contribution in [3.63, 3.8) is 0 Å². The van der Waals surface area contributed by atoms with Gasteiger partial charge in [-0.1, -0.05) is 60.1 Å². The highest BCUT2D eigenvalue weighted by atomic mass is 35.5. The zero-order chi connectivity index (χ0) is 21.7. The fourth-order valence-corrected chi connectivity index (χ4v) is 3.97. The maximum Gasteiger partial charge on any atom is 0.231 e. The van der Waals surface area contributed by atoms with Crippen molar-refractivity contribution in [3.8, 4) is 28.4 Å². The third-order valence-electron chi connectivity index (χ3n) is 5.32. The molecule has 6 aromatic rings. The molecule has 7 heteroatoms. The molecule has 3 aromatic heterocycles. The number of anilines is 1. The van der Waals surface area contributed by atoms with Gasteiger partial charge in [-0.05, 0) is 36.4 Å². The Labute approximate surface area is 187 Å². The standard InChI is InChI=1S/C25H16ClN5O/c26-16-11-12-21-20(13-16)28-25(32-21)19-14-18-22(15-7-3-1-4-8-15)30-31(24(18)29-23(19)27)17-9-5-2-6-10-17/h1-14H,(H2,27,29). The number of rotatable bonds is 3. The van der Waals surface area contributed by atoms with Crippen LogP contribution in [0.1, 0.15) is 0 Å². The van der Waals surface area contributed by atoms with Crippen LogP contribution in [-0.2, 0) is 0 Å². The van der Waals surface area contributed by atoms with E-state index in [2.05, 4.69) is 4.98 Å². The largest absolute Gasteiger partial charge is 0.436 e. The third kappa shape index (κ3) is 3.01. The van der Waals surface area contributed by atoms with E-state index in [1.807, 2.05) is 71.4 Å². The van der Waals surface area contributed by atoms with E-state index in [0.29, 0.717) is 39.0 Å². The number of pyridine rings is 1. The molecule has 0 saturated carbocycles. The highest BCUT2D eigenvalue weighted by Gasteiger charge is 2.20. The van der Waals surface area contributed by atoms with Crippen LogP contribution in [0.5, 0.6) is 0 Å². The average molecular weight is 438 g/mol. The molecule has 0 aliphatic carbocycles. The van der Waals surface area contributed by atoms with E-state index >= 15 is 0 Å². The van der Waals surface area contributed by atoms with E-state index in [0.717, 1.165) is 22.3 Å². The molecular weight excluding hydrogens is 422 g/mol. The molecule has 2 N–H and O–H groups in total. The molecule has 0 radical (unpaired) electrons. The SMILES string of the molecule is Nc1nc2c(cc1-c1nc3cc(Cl)ccc3o1)c(-c1ccccc1)nn2-c1ccccc1. The smallest absolute Gasteiger partial charge is 0.231 e. The van der Waals surface area contributed by atoms with Gasteiger partial charge in [0.2, 0.25) is 5.89 Å². The Balaban J connectivity index is 1.63. The predicted molar refractivity (Wildman–Crippen MR) is 127 cm³/mol. The number of nitrogens with two attached hydrogens (primary N) is 1. The number of nitrogens with zero attached hydrogens (tertiary/aromatic N) is 4. The second kappa shape index (κ2) is 7.21. The van der Waals surface area contributed by atoms with E-state index in [1.165, 1.54) is 0 Å². The molecule has 0 atom stereocenters. The molecule has 0 unspecified atom stereocenters. The zero-order valence-electron chi connectivity index (χ0n) is 16.7. The molecule has 154 valence electrons. The molecule has 0 fully saturated rings. The molecule has 0 aliphatic rings. The number of nitrogen functional groups attached to an aromatic ring is 1. The van der Waals surface area contributed by atoms with Crippen LogP contribution >= 0.6 is 11.6 Å². The van der Waals surface area contributed by atoms with Crippen LogP contribution in [0.2, 0.25) is 5.02 Å². The molecule has 0 spiro atoms. The van der Waals surface area contributed by atoms with Crippen molar-refractivity contribution in [2.75, 3.05) is 5.73 Å². The summed E-state index contributed by atoms with van der Waals surface area (Å²) in [5.74, 6) is 0.701. The van der Waals surface area contributed by atoms with E-state index in [4.69, 9.17) is 31.8 Å². The number of hydrogen-bond donors (Lipinski definition) is 1. The highest BCUT2D eigenvalue weighted by molar-refractivity contribution is 6.31. The van der Waals surface area contributed by atoms with Gasteiger partial charge in [-0.25, -0.2) is 14.6 Å². The normalized spacial score (nSPS) is 11.4. The predicted octanol–water partition coefficient (Wildman–Crippen LogP) is 6.13. The van der Waals surface area contributed by atoms with Crippen molar-refractivity contribution in [3.05, 3.63) is 90.0 Å². The summed E-state index contributed by atoms with van der Waals surface area (Å²) in [5.41, 5.74) is 11.6. The molecule has 32 heavy (non-hydrogen) atoms. The van der Waals surface area contributed by atoms with Crippen molar-refractivity contribution in [2.24, 2.45) is 0 Å². The summed E-state index contributed by atoms with van der Waals surface area (Å²) in [6.45, 7) is 0.